The summed E-state index contributed by atoms with van der Waals surface area (Å²) in [5.41, 5.74) is 1.88. The predicted molar refractivity (Wildman–Crippen MR) is 58.3 cm³/mol. The van der Waals surface area contributed by atoms with E-state index in [1.54, 1.807) is 0 Å². The summed E-state index contributed by atoms with van der Waals surface area (Å²) in [6, 6.07) is 5.74. The van der Waals surface area contributed by atoms with Crippen LogP contribution in [0.4, 0.5) is 0 Å². The van der Waals surface area contributed by atoms with Gasteiger partial charge < -0.3 is 10.1 Å². The summed E-state index contributed by atoms with van der Waals surface area (Å²) < 4.78 is 5.39. The van der Waals surface area contributed by atoms with Crippen LogP contribution in [0.1, 0.15) is 29.3 Å². The normalized spacial score (nSPS) is 15.7. The van der Waals surface area contributed by atoms with Gasteiger partial charge in [0.2, 0.25) is 0 Å². The van der Waals surface area contributed by atoms with Crippen LogP contribution in [0.15, 0.2) is 18.2 Å². The molecule has 0 saturated carbocycles. The molecule has 0 unspecified atom stereocenters. The zero-order valence-electron chi connectivity index (χ0n) is 8.88. The first-order valence-corrected chi connectivity index (χ1v) is 5.31. The average molecular weight is 205 g/mol. The number of rotatable bonds is 2. The minimum Gasteiger partial charge on any atom is -0.494 e. The molecule has 1 aromatic rings. The predicted octanol–water partition coefficient (Wildman–Crippen LogP) is 1.76. The molecule has 0 fully saturated rings. The summed E-state index contributed by atoms with van der Waals surface area (Å²) in [6.07, 6.45) is 0.572. The molecule has 3 heteroatoms. The Morgan fingerprint density at radius 1 is 1.47 bits per heavy atom. The molecule has 0 aliphatic carbocycles. The molecule has 1 aliphatic rings. The highest BCUT2D eigenvalue weighted by Crippen LogP contribution is 2.21. The lowest BCUT2D eigenvalue weighted by Crippen LogP contribution is -2.12. The number of Topliss-reactive ketones (excluding diaryl/α,β-unsaturated/α-hetero) is 1. The van der Waals surface area contributed by atoms with E-state index < -0.39 is 0 Å². The highest BCUT2D eigenvalue weighted by atomic mass is 16.5. The standard InChI is InChI=1S/C12H15NO2/c1-2-15-10-4-3-9-8-13-6-5-12(14)11(9)7-10/h3-4,7,13H,2,5-6,8H2,1H3. The van der Waals surface area contributed by atoms with Gasteiger partial charge in [0, 0.05) is 25.1 Å². The number of hydrogen-bond acceptors (Lipinski definition) is 3. The molecular weight excluding hydrogens is 190 g/mol. The Hall–Kier alpha value is -1.35. The Morgan fingerprint density at radius 3 is 3.13 bits per heavy atom. The van der Waals surface area contributed by atoms with Gasteiger partial charge in [-0.2, -0.15) is 0 Å². The maximum Gasteiger partial charge on any atom is 0.164 e. The lowest BCUT2D eigenvalue weighted by atomic mass is 10.0. The zero-order chi connectivity index (χ0) is 10.7. The minimum atomic E-state index is 0.205. The molecule has 1 aromatic carbocycles. The molecule has 1 heterocycles. The second kappa shape index (κ2) is 4.45. The van der Waals surface area contributed by atoms with Crippen LogP contribution in [-0.4, -0.2) is 18.9 Å². The Balaban J connectivity index is 2.35. The topological polar surface area (TPSA) is 38.3 Å². The highest BCUT2D eigenvalue weighted by molar-refractivity contribution is 5.98. The van der Waals surface area contributed by atoms with Crippen molar-refractivity contribution in [1.29, 1.82) is 0 Å². The Kier molecular flexibility index (Phi) is 3.02. The van der Waals surface area contributed by atoms with Gasteiger partial charge in [0.05, 0.1) is 6.61 Å². The number of carbonyl (C=O) groups excluding carboxylic acids is 1. The number of benzene rings is 1. The van der Waals surface area contributed by atoms with Crippen LogP contribution >= 0.6 is 0 Å². The smallest absolute Gasteiger partial charge is 0.164 e. The van der Waals surface area contributed by atoms with E-state index in [0.29, 0.717) is 13.0 Å². The van der Waals surface area contributed by atoms with Crippen molar-refractivity contribution in [3.63, 3.8) is 0 Å². The van der Waals surface area contributed by atoms with Crippen molar-refractivity contribution in [3.05, 3.63) is 29.3 Å². The molecule has 1 aliphatic heterocycles. The third-order valence-electron chi connectivity index (χ3n) is 2.54. The van der Waals surface area contributed by atoms with Gasteiger partial charge in [-0.1, -0.05) is 6.07 Å². The molecule has 0 aromatic heterocycles. The molecule has 80 valence electrons. The van der Waals surface area contributed by atoms with Crippen molar-refractivity contribution in [3.8, 4) is 5.75 Å². The fraction of sp³-hybridized carbons (Fsp3) is 0.417. The molecule has 3 nitrogen and oxygen atoms in total. The lowest BCUT2D eigenvalue weighted by Gasteiger charge is -2.08. The van der Waals surface area contributed by atoms with E-state index in [2.05, 4.69) is 5.32 Å². The molecule has 0 bridgehead atoms. The third kappa shape index (κ3) is 2.18. The summed E-state index contributed by atoms with van der Waals surface area (Å²) in [5.74, 6) is 0.989. The summed E-state index contributed by atoms with van der Waals surface area (Å²) in [5, 5.41) is 3.22. The lowest BCUT2D eigenvalue weighted by molar-refractivity contribution is 0.0985. The van der Waals surface area contributed by atoms with Gasteiger partial charge in [0.1, 0.15) is 5.75 Å². The Labute approximate surface area is 89.4 Å². The molecule has 2 rings (SSSR count). The van der Waals surface area contributed by atoms with Crippen LogP contribution in [-0.2, 0) is 6.54 Å². The van der Waals surface area contributed by atoms with Gasteiger partial charge in [0.25, 0.3) is 0 Å². The minimum absolute atomic E-state index is 0.205. The van der Waals surface area contributed by atoms with Gasteiger partial charge in [-0.3, -0.25) is 4.79 Å². The van der Waals surface area contributed by atoms with Gasteiger partial charge in [-0.15, -0.1) is 0 Å². The number of carbonyl (C=O) groups is 1. The van der Waals surface area contributed by atoms with Crippen molar-refractivity contribution >= 4 is 5.78 Å². The van der Waals surface area contributed by atoms with E-state index in [1.165, 1.54) is 0 Å². The van der Waals surface area contributed by atoms with Gasteiger partial charge in [-0.05, 0) is 24.6 Å². The quantitative estimate of drug-likeness (QED) is 0.799. The molecule has 0 radical (unpaired) electrons. The maximum absolute atomic E-state index is 11.8. The molecule has 0 atom stereocenters. The van der Waals surface area contributed by atoms with Crippen LogP contribution in [0.2, 0.25) is 0 Å². The molecule has 15 heavy (non-hydrogen) atoms. The Morgan fingerprint density at radius 2 is 2.33 bits per heavy atom. The number of nitrogens with one attached hydrogen (secondary N) is 1. The summed E-state index contributed by atoms with van der Waals surface area (Å²) in [7, 11) is 0. The molecule has 0 spiro atoms. The first-order valence-electron chi connectivity index (χ1n) is 5.31. The van der Waals surface area contributed by atoms with E-state index in [9.17, 15) is 4.79 Å². The van der Waals surface area contributed by atoms with E-state index >= 15 is 0 Å². The molecule has 0 saturated heterocycles. The van der Waals surface area contributed by atoms with Crippen molar-refractivity contribution in [2.24, 2.45) is 0 Å². The van der Waals surface area contributed by atoms with Crippen molar-refractivity contribution < 1.29 is 9.53 Å². The van der Waals surface area contributed by atoms with E-state index in [0.717, 1.165) is 30.0 Å². The summed E-state index contributed by atoms with van der Waals surface area (Å²) in [6.45, 7) is 4.10. The average Bonchev–Trinajstić information content (AvgIpc) is 2.42. The monoisotopic (exact) mass is 205 g/mol. The van der Waals surface area contributed by atoms with Crippen molar-refractivity contribution in [2.45, 2.75) is 19.9 Å². The van der Waals surface area contributed by atoms with Crippen molar-refractivity contribution in [1.82, 2.24) is 5.32 Å². The summed E-state index contributed by atoms with van der Waals surface area (Å²) in [4.78, 5) is 11.8. The Bertz CT molecular complexity index is 374. The van der Waals surface area contributed by atoms with Crippen LogP contribution in [0.5, 0.6) is 5.75 Å². The number of ketones is 1. The number of ether oxygens (including phenoxy) is 1. The number of hydrogen-bond donors (Lipinski definition) is 1. The fourth-order valence-electron chi connectivity index (χ4n) is 1.79. The van der Waals surface area contributed by atoms with Crippen LogP contribution in [0.3, 0.4) is 0 Å². The maximum atomic E-state index is 11.8. The second-order valence-corrected chi connectivity index (χ2v) is 3.60. The third-order valence-corrected chi connectivity index (χ3v) is 2.54. The van der Waals surface area contributed by atoms with Crippen molar-refractivity contribution in [2.75, 3.05) is 13.2 Å². The van der Waals surface area contributed by atoms with E-state index in [4.69, 9.17) is 4.74 Å². The molecule has 1 N–H and O–H groups in total. The largest absolute Gasteiger partial charge is 0.494 e. The second-order valence-electron chi connectivity index (χ2n) is 3.60. The van der Waals surface area contributed by atoms with Crippen LogP contribution in [0, 0.1) is 0 Å². The highest BCUT2D eigenvalue weighted by Gasteiger charge is 2.15. The van der Waals surface area contributed by atoms with Gasteiger partial charge in [0.15, 0.2) is 5.78 Å². The number of fused-ring (bicyclic) bond motifs is 1. The SMILES string of the molecule is CCOc1ccc2c(c1)C(=O)CCNC2. The van der Waals surface area contributed by atoms with E-state index in [1.807, 2.05) is 25.1 Å². The molecule has 0 amide bonds. The fourth-order valence-corrected chi connectivity index (χ4v) is 1.79. The van der Waals surface area contributed by atoms with Gasteiger partial charge in [-0.25, -0.2) is 0 Å². The van der Waals surface area contributed by atoms with Crippen LogP contribution in [0.25, 0.3) is 0 Å². The summed E-state index contributed by atoms with van der Waals surface area (Å²) >= 11 is 0. The van der Waals surface area contributed by atoms with E-state index in [-0.39, 0.29) is 5.78 Å². The first kappa shape index (κ1) is 10.2. The molecular formula is C12H15NO2. The van der Waals surface area contributed by atoms with Gasteiger partial charge >= 0.3 is 0 Å². The first-order chi connectivity index (χ1) is 7.31. The van der Waals surface area contributed by atoms with Crippen LogP contribution < -0.4 is 10.1 Å². The zero-order valence-corrected chi connectivity index (χ0v) is 8.88.